The van der Waals surface area contributed by atoms with Crippen molar-refractivity contribution in [2.45, 2.75) is 18.7 Å². The maximum absolute atomic E-state index is 12.7. The molecule has 1 aromatic rings. The van der Waals surface area contributed by atoms with E-state index in [1.807, 2.05) is 19.9 Å². The summed E-state index contributed by atoms with van der Waals surface area (Å²) in [6.45, 7) is 5.34. The zero-order chi connectivity index (χ0) is 17.7. The zero-order valence-electron chi connectivity index (χ0n) is 14.1. The Bertz CT molecular complexity index is 683. The van der Waals surface area contributed by atoms with Gasteiger partial charge in [0, 0.05) is 31.9 Å². The first-order valence-corrected chi connectivity index (χ1v) is 10.5. The van der Waals surface area contributed by atoms with Gasteiger partial charge in [-0.1, -0.05) is 6.07 Å². The van der Waals surface area contributed by atoms with Crippen LogP contribution in [0.15, 0.2) is 23.1 Å². The normalized spacial score (nSPS) is 16.4. The molecule has 6 nitrogen and oxygen atoms in total. The molecule has 0 spiro atoms. The summed E-state index contributed by atoms with van der Waals surface area (Å²) in [6, 6.07) is 5.16. The predicted octanol–water partition coefficient (Wildman–Crippen LogP) is 0.862. The van der Waals surface area contributed by atoms with Gasteiger partial charge in [-0.2, -0.15) is 4.31 Å². The Morgan fingerprint density at radius 1 is 1.17 bits per heavy atom. The number of sulfonamides is 1. The van der Waals surface area contributed by atoms with E-state index in [2.05, 4.69) is 0 Å². The van der Waals surface area contributed by atoms with Crippen molar-refractivity contribution < 1.29 is 18.3 Å². The third-order valence-corrected chi connectivity index (χ3v) is 6.99. The van der Waals surface area contributed by atoms with Gasteiger partial charge in [0.2, 0.25) is 15.9 Å². The minimum atomic E-state index is -3.51. The highest BCUT2D eigenvalue weighted by molar-refractivity contribution is 7.99. The van der Waals surface area contributed by atoms with Crippen LogP contribution in [0.2, 0.25) is 0 Å². The Morgan fingerprint density at radius 2 is 1.83 bits per heavy atom. The maximum atomic E-state index is 12.7. The van der Waals surface area contributed by atoms with E-state index in [0.717, 1.165) is 11.1 Å². The molecule has 0 bridgehead atoms. The van der Waals surface area contributed by atoms with E-state index < -0.39 is 10.0 Å². The Labute approximate surface area is 147 Å². The van der Waals surface area contributed by atoms with Gasteiger partial charge in [-0.25, -0.2) is 8.42 Å². The number of thioether (sulfide) groups is 1. The molecule has 0 aliphatic carbocycles. The fraction of sp³-hybridized carbons (Fsp3) is 0.562. The van der Waals surface area contributed by atoms with Gasteiger partial charge in [-0.15, -0.1) is 11.8 Å². The number of aryl methyl sites for hydroxylation is 2. The zero-order valence-corrected chi connectivity index (χ0v) is 15.7. The standard InChI is InChI=1S/C16H24N2O4S2/c1-13-3-4-15(11-14(13)2)24(21,22)18-7-5-17(6-8-18)16(20)12-23-10-9-19/h3-4,11,19H,5-10,12H2,1-2H3. The van der Waals surface area contributed by atoms with Crippen molar-refractivity contribution in [2.24, 2.45) is 0 Å². The fourth-order valence-electron chi connectivity index (χ4n) is 2.52. The van der Waals surface area contributed by atoms with Crippen molar-refractivity contribution in [3.8, 4) is 0 Å². The van der Waals surface area contributed by atoms with Crippen LogP contribution in [-0.4, -0.2) is 72.9 Å². The van der Waals surface area contributed by atoms with Crippen molar-refractivity contribution in [3.63, 3.8) is 0 Å². The molecule has 2 rings (SSSR count). The highest BCUT2D eigenvalue weighted by atomic mass is 32.2. The van der Waals surface area contributed by atoms with E-state index in [-0.39, 0.29) is 12.5 Å². The second-order valence-corrected chi connectivity index (χ2v) is 8.85. The van der Waals surface area contributed by atoms with Crippen LogP contribution in [-0.2, 0) is 14.8 Å². The summed E-state index contributed by atoms with van der Waals surface area (Å²) < 4.78 is 26.9. The number of amides is 1. The van der Waals surface area contributed by atoms with Gasteiger partial charge in [0.1, 0.15) is 0 Å². The number of nitrogens with zero attached hydrogens (tertiary/aromatic N) is 2. The van der Waals surface area contributed by atoms with Crippen molar-refractivity contribution in [3.05, 3.63) is 29.3 Å². The summed E-state index contributed by atoms with van der Waals surface area (Å²) in [5, 5.41) is 8.74. The lowest BCUT2D eigenvalue weighted by atomic mass is 10.1. The highest BCUT2D eigenvalue weighted by Gasteiger charge is 2.30. The van der Waals surface area contributed by atoms with Crippen LogP contribution < -0.4 is 0 Å². The lowest BCUT2D eigenvalue weighted by Crippen LogP contribution is -2.51. The summed E-state index contributed by atoms with van der Waals surface area (Å²) >= 11 is 1.39. The molecule has 0 saturated carbocycles. The number of aliphatic hydroxyl groups is 1. The van der Waals surface area contributed by atoms with Crippen molar-refractivity contribution in [2.75, 3.05) is 44.3 Å². The van der Waals surface area contributed by atoms with E-state index in [0.29, 0.717) is 42.6 Å². The number of carbonyl (C=O) groups is 1. The molecule has 0 aromatic heterocycles. The quantitative estimate of drug-likeness (QED) is 0.750. The van der Waals surface area contributed by atoms with E-state index in [1.165, 1.54) is 16.1 Å². The lowest BCUT2D eigenvalue weighted by Gasteiger charge is -2.34. The SMILES string of the molecule is Cc1ccc(S(=O)(=O)N2CCN(C(=O)CSCCO)CC2)cc1C. The molecule has 24 heavy (non-hydrogen) atoms. The molecular weight excluding hydrogens is 348 g/mol. The van der Waals surface area contributed by atoms with Crippen LogP contribution in [0.1, 0.15) is 11.1 Å². The number of aliphatic hydroxyl groups excluding tert-OH is 1. The fourth-order valence-corrected chi connectivity index (χ4v) is 4.66. The molecule has 1 aliphatic heterocycles. The van der Waals surface area contributed by atoms with Crippen LogP contribution in [0, 0.1) is 13.8 Å². The van der Waals surface area contributed by atoms with Crippen LogP contribution in [0.25, 0.3) is 0 Å². The van der Waals surface area contributed by atoms with Gasteiger partial charge in [0.25, 0.3) is 0 Å². The molecule has 8 heteroatoms. The van der Waals surface area contributed by atoms with Crippen LogP contribution in [0.3, 0.4) is 0 Å². The number of piperazine rings is 1. The third-order valence-electron chi connectivity index (χ3n) is 4.17. The number of carbonyl (C=O) groups excluding carboxylic acids is 1. The lowest BCUT2D eigenvalue weighted by molar-refractivity contribution is -0.129. The van der Waals surface area contributed by atoms with Gasteiger partial charge in [-0.3, -0.25) is 4.79 Å². The summed E-state index contributed by atoms with van der Waals surface area (Å²) in [5.41, 5.74) is 2.01. The number of rotatable bonds is 6. The van der Waals surface area contributed by atoms with Gasteiger partial charge in [0.15, 0.2) is 0 Å². The largest absolute Gasteiger partial charge is 0.396 e. The van der Waals surface area contributed by atoms with Gasteiger partial charge in [0.05, 0.1) is 17.3 Å². The summed E-state index contributed by atoms with van der Waals surface area (Å²) in [5.74, 6) is 0.855. The molecule has 1 saturated heterocycles. The van der Waals surface area contributed by atoms with E-state index in [1.54, 1.807) is 17.0 Å². The molecular formula is C16H24N2O4S2. The molecule has 1 aliphatic rings. The Hall–Kier alpha value is -1.09. The smallest absolute Gasteiger partial charge is 0.243 e. The molecule has 134 valence electrons. The molecule has 0 unspecified atom stereocenters. The minimum Gasteiger partial charge on any atom is -0.396 e. The first-order chi connectivity index (χ1) is 11.4. The monoisotopic (exact) mass is 372 g/mol. The molecule has 1 fully saturated rings. The average molecular weight is 373 g/mol. The first kappa shape index (κ1) is 19.2. The Morgan fingerprint density at radius 3 is 2.42 bits per heavy atom. The summed E-state index contributed by atoms with van der Waals surface area (Å²) in [7, 11) is -3.51. The van der Waals surface area contributed by atoms with Crippen molar-refractivity contribution >= 4 is 27.7 Å². The third kappa shape index (κ3) is 4.50. The summed E-state index contributed by atoms with van der Waals surface area (Å²) in [6.07, 6.45) is 0. The highest BCUT2D eigenvalue weighted by Crippen LogP contribution is 2.20. The van der Waals surface area contributed by atoms with Crippen LogP contribution in [0.4, 0.5) is 0 Å². The molecule has 1 heterocycles. The molecule has 1 N–H and O–H groups in total. The summed E-state index contributed by atoms with van der Waals surface area (Å²) in [4.78, 5) is 14.0. The topological polar surface area (TPSA) is 77.9 Å². The number of hydrogen-bond acceptors (Lipinski definition) is 5. The average Bonchev–Trinajstić information content (AvgIpc) is 2.57. The van der Waals surface area contributed by atoms with Crippen LogP contribution >= 0.6 is 11.8 Å². The van der Waals surface area contributed by atoms with Gasteiger partial charge in [-0.05, 0) is 37.1 Å². The van der Waals surface area contributed by atoms with E-state index in [4.69, 9.17) is 5.11 Å². The van der Waals surface area contributed by atoms with E-state index in [9.17, 15) is 13.2 Å². The second-order valence-electron chi connectivity index (χ2n) is 5.81. The Balaban J connectivity index is 1.98. The number of benzene rings is 1. The van der Waals surface area contributed by atoms with Crippen LogP contribution in [0.5, 0.6) is 0 Å². The van der Waals surface area contributed by atoms with Crippen molar-refractivity contribution in [1.29, 1.82) is 0 Å². The van der Waals surface area contributed by atoms with Gasteiger partial charge < -0.3 is 10.0 Å². The molecule has 1 aromatic carbocycles. The maximum Gasteiger partial charge on any atom is 0.243 e. The molecule has 0 atom stereocenters. The van der Waals surface area contributed by atoms with Gasteiger partial charge >= 0.3 is 0 Å². The molecule has 0 radical (unpaired) electrons. The molecule has 1 amide bonds. The predicted molar refractivity (Wildman–Crippen MR) is 95.7 cm³/mol. The first-order valence-electron chi connectivity index (χ1n) is 7.90. The number of hydrogen-bond donors (Lipinski definition) is 1. The minimum absolute atomic E-state index is 0.00308. The van der Waals surface area contributed by atoms with Crippen molar-refractivity contribution in [1.82, 2.24) is 9.21 Å². The van der Waals surface area contributed by atoms with E-state index >= 15 is 0 Å². The Kier molecular flexibility index (Phi) is 6.68. The second kappa shape index (κ2) is 8.33.